The number of aromatic nitrogens is 1. The second kappa shape index (κ2) is 6.75. The molecule has 2 atom stereocenters. The van der Waals surface area contributed by atoms with E-state index in [4.69, 9.17) is 10.3 Å². The molecule has 0 bridgehead atoms. The molecule has 0 spiro atoms. The minimum absolute atomic E-state index is 0.000679. The maximum atomic E-state index is 12.3. The van der Waals surface area contributed by atoms with E-state index in [-0.39, 0.29) is 23.7 Å². The molecule has 31 heavy (non-hydrogen) atoms. The van der Waals surface area contributed by atoms with Crippen LogP contribution in [0.2, 0.25) is 0 Å². The van der Waals surface area contributed by atoms with Gasteiger partial charge < -0.3 is 25.4 Å². The van der Waals surface area contributed by atoms with E-state index >= 15 is 0 Å². The van der Waals surface area contributed by atoms with E-state index in [1.54, 1.807) is 6.07 Å². The Morgan fingerprint density at radius 2 is 1.94 bits per heavy atom. The van der Waals surface area contributed by atoms with Gasteiger partial charge in [-0.1, -0.05) is 44.1 Å². The van der Waals surface area contributed by atoms with Crippen LogP contribution in [0, 0.1) is 0 Å². The number of carbonyl (C=O) groups is 1. The predicted octanol–water partition coefficient (Wildman–Crippen LogP) is 3.65. The lowest BCUT2D eigenvalue weighted by atomic mass is 9.93. The Kier molecular flexibility index (Phi) is 4.23. The average Bonchev–Trinajstić information content (AvgIpc) is 3.34. The normalized spacial score (nSPS) is 21.6. The van der Waals surface area contributed by atoms with Gasteiger partial charge in [-0.25, -0.2) is 4.79 Å². The maximum Gasteiger partial charge on any atom is 0.324 e. The molecule has 2 aliphatic heterocycles. The van der Waals surface area contributed by atoms with Gasteiger partial charge in [-0.2, -0.15) is 0 Å². The largest absolute Gasteiger partial charge is 0.359 e. The monoisotopic (exact) mass is 418 g/mol. The first-order chi connectivity index (χ1) is 14.7. The zero-order valence-electron chi connectivity index (χ0n) is 18.0. The first-order valence-electron chi connectivity index (χ1n) is 10.3. The molecule has 1 aromatic heterocycles. The lowest BCUT2D eigenvalue weighted by Crippen LogP contribution is -2.50. The van der Waals surface area contributed by atoms with E-state index in [0.29, 0.717) is 17.3 Å². The summed E-state index contributed by atoms with van der Waals surface area (Å²) in [6.45, 7) is 6.06. The summed E-state index contributed by atoms with van der Waals surface area (Å²) in [4.78, 5) is 16.8. The van der Waals surface area contributed by atoms with Gasteiger partial charge in [0.2, 0.25) is 0 Å². The molecule has 2 unspecified atom stereocenters. The van der Waals surface area contributed by atoms with Crippen LogP contribution in [0.15, 0.2) is 64.5 Å². The molecular weight excluding hydrogens is 392 g/mol. The minimum Gasteiger partial charge on any atom is -0.359 e. The zero-order valence-corrected chi connectivity index (χ0v) is 18.0. The number of benzene rings is 1. The first kappa shape index (κ1) is 19.4. The van der Waals surface area contributed by atoms with Crippen molar-refractivity contribution in [1.29, 1.82) is 0 Å². The van der Waals surface area contributed by atoms with Gasteiger partial charge in [0.25, 0.3) is 0 Å². The van der Waals surface area contributed by atoms with Crippen LogP contribution in [-0.4, -0.2) is 40.2 Å². The Morgan fingerprint density at radius 1 is 1.19 bits per heavy atom. The van der Waals surface area contributed by atoms with Crippen molar-refractivity contribution in [3.63, 3.8) is 0 Å². The van der Waals surface area contributed by atoms with Gasteiger partial charge in [0.15, 0.2) is 5.82 Å². The summed E-state index contributed by atoms with van der Waals surface area (Å²) in [6, 6.07) is 9.13. The zero-order chi connectivity index (χ0) is 21.9. The van der Waals surface area contributed by atoms with Gasteiger partial charge in [0.1, 0.15) is 11.9 Å². The molecule has 8 nitrogen and oxygen atoms in total. The number of allylic oxidation sites excluding steroid dienone is 1. The number of hydrogen-bond acceptors (Lipinski definition) is 6. The molecule has 0 radical (unpaired) electrons. The number of nitrogens with zero attached hydrogens (tertiary/aromatic N) is 3. The van der Waals surface area contributed by atoms with E-state index in [1.165, 1.54) is 11.3 Å². The highest BCUT2D eigenvalue weighted by molar-refractivity contribution is 5.99. The van der Waals surface area contributed by atoms with Crippen LogP contribution in [0.4, 0.5) is 16.3 Å². The fourth-order valence-corrected chi connectivity index (χ4v) is 4.18. The smallest absolute Gasteiger partial charge is 0.324 e. The third-order valence-corrected chi connectivity index (χ3v) is 5.87. The van der Waals surface area contributed by atoms with Gasteiger partial charge in [-0.3, -0.25) is 5.32 Å². The summed E-state index contributed by atoms with van der Waals surface area (Å²) >= 11 is 0. The Labute approximate surface area is 181 Å². The van der Waals surface area contributed by atoms with Crippen LogP contribution in [0.1, 0.15) is 32.1 Å². The van der Waals surface area contributed by atoms with Crippen LogP contribution in [0.5, 0.6) is 0 Å². The van der Waals surface area contributed by atoms with Crippen molar-refractivity contribution in [2.75, 3.05) is 17.7 Å². The molecule has 0 saturated heterocycles. The number of amides is 2. The third-order valence-electron chi connectivity index (χ3n) is 5.87. The number of likely N-dealkylation sites (N-methyl/N-ethyl adjacent to an activating group) is 1. The number of fused-ring (bicyclic) bond motifs is 3. The summed E-state index contributed by atoms with van der Waals surface area (Å²) in [6.07, 6.45) is 6.48. The number of urea groups is 1. The second-order valence-corrected chi connectivity index (χ2v) is 9.11. The predicted molar refractivity (Wildman–Crippen MR) is 120 cm³/mol. The quantitative estimate of drug-likeness (QED) is 0.704. The Bertz CT molecular complexity index is 1140. The van der Waals surface area contributed by atoms with Crippen LogP contribution in [0.3, 0.4) is 0 Å². The van der Waals surface area contributed by atoms with Crippen molar-refractivity contribution in [2.45, 2.75) is 38.4 Å². The van der Waals surface area contributed by atoms with Crippen molar-refractivity contribution in [3.8, 4) is 0 Å². The summed E-state index contributed by atoms with van der Waals surface area (Å²) in [5, 5.41) is 9.43. The van der Waals surface area contributed by atoms with E-state index in [9.17, 15) is 4.79 Å². The standard InChI is InChI=1S/C23H26N6O2/c1-23(2,3)18-11-19(27-31-18)26-22(30)25-14-7-5-13(6-8-14)17-12-29-16-10-9-15(24)20(16)21(29)28(17)4/h5-12,15,21H,24H2,1-4H3,(H2,25,26,27,30). The highest BCUT2D eigenvalue weighted by Gasteiger charge is 2.47. The minimum atomic E-state index is -0.371. The molecule has 8 heteroatoms. The number of carbonyl (C=O) groups excluding carboxylic acids is 1. The molecule has 4 N–H and O–H groups in total. The molecule has 0 saturated carbocycles. The molecule has 0 fully saturated rings. The highest BCUT2D eigenvalue weighted by atomic mass is 16.5. The van der Waals surface area contributed by atoms with E-state index in [2.05, 4.69) is 44.9 Å². The van der Waals surface area contributed by atoms with Crippen molar-refractivity contribution < 1.29 is 9.32 Å². The summed E-state index contributed by atoms with van der Waals surface area (Å²) in [5.41, 5.74) is 11.4. The number of rotatable bonds is 3. The van der Waals surface area contributed by atoms with Gasteiger partial charge in [-0.15, -0.1) is 0 Å². The first-order valence-corrected chi connectivity index (χ1v) is 10.3. The van der Waals surface area contributed by atoms with Gasteiger partial charge >= 0.3 is 6.03 Å². The molecule has 2 amide bonds. The van der Waals surface area contributed by atoms with Crippen molar-refractivity contribution in [3.05, 3.63) is 71.3 Å². The van der Waals surface area contributed by atoms with Crippen LogP contribution < -0.4 is 16.4 Å². The maximum absolute atomic E-state index is 12.3. The van der Waals surface area contributed by atoms with Crippen molar-refractivity contribution in [1.82, 2.24) is 15.0 Å². The highest BCUT2D eigenvalue weighted by Crippen LogP contribution is 2.46. The molecule has 1 aliphatic carbocycles. The molecule has 3 heterocycles. The molecule has 2 aromatic rings. The van der Waals surface area contributed by atoms with E-state index in [1.807, 2.05) is 51.1 Å². The summed E-state index contributed by atoms with van der Waals surface area (Å²) in [5.74, 6) is 1.09. The lowest BCUT2D eigenvalue weighted by molar-refractivity contribution is 0.208. The van der Waals surface area contributed by atoms with Gasteiger partial charge in [0.05, 0.1) is 11.7 Å². The van der Waals surface area contributed by atoms with E-state index < -0.39 is 0 Å². The fourth-order valence-electron chi connectivity index (χ4n) is 4.18. The topological polar surface area (TPSA) is 99.7 Å². The molecule has 5 rings (SSSR count). The van der Waals surface area contributed by atoms with Crippen LogP contribution in [0.25, 0.3) is 5.70 Å². The van der Waals surface area contributed by atoms with Gasteiger partial charge in [-0.05, 0) is 23.8 Å². The molecule has 1 aromatic carbocycles. The van der Waals surface area contributed by atoms with Crippen LogP contribution >= 0.6 is 0 Å². The number of anilines is 2. The lowest BCUT2D eigenvalue weighted by Gasteiger charge is -2.42. The number of nitrogens with one attached hydrogen (secondary N) is 2. The van der Waals surface area contributed by atoms with Crippen molar-refractivity contribution in [2.24, 2.45) is 5.73 Å². The SMILES string of the molecule is CN1C(c2ccc(NC(=O)Nc3cc(C(C)(C)C)on3)cc2)=CN2C3=C(C(N)C=C3)C12. The number of hydrogen-bond donors (Lipinski definition) is 3. The van der Waals surface area contributed by atoms with Crippen molar-refractivity contribution >= 4 is 23.2 Å². The second-order valence-electron chi connectivity index (χ2n) is 9.11. The molecule has 3 aliphatic rings. The Hall–Kier alpha value is -3.52. The fraction of sp³-hybridized carbons (Fsp3) is 0.304. The Balaban J connectivity index is 1.23. The van der Waals surface area contributed by atoms with Gasteiger partial charge in [0, 0.05) is 41.7 Å². The van der Waals surface area contributed by atoms with Crippen LogP contribution in [-0.2, 0) is 5.41 Å². The summed E-state index contributed by atoms with van der Waals surface area (Å²) < 4.78 is 5.30. The summed E-state index contributed by atoms with van der Waals surface area (Å²) in [7, 11) is 2.08. The molecular formula is C23H26N6O2. The average molecular weight is 419 g/mol. The van der Waals surface area contributed by atoms with E-state index in [0.717, 1.165) is 11.3 Å². The number of nitrogens with two attached hydrogens (primary N) is 1. The third kappa shape index (κ3) is 3.19. The Morgan fingerprint density at radius 3 is 2.61 bits per heavy atom. The molecule has 160 valence electrons.